The maximum Gasteiger partial charge on any atom is 0.126 e. The lowest BCUT2D eigenvalue weighted by molar-refractivity contribution is 0.0271. The molecule has 0 atom stereocenters. The summed E-state index contributed by atoms with van der Waals surface area (Å²) in [5.74, 6) is 1.37. The summed E-state index contributed by atoms with van der Waals surface area (Å²) in [6.07, 6.45) is 2.87. The molecule has 10 heteroatoms. The summed E-state index contributed by atoms with van der Waals surface area (Å²) in [4.78, 5) is 0. The van der Waals surface area contributed by atoms with Crippen LogP contribution in [-0.4, -0.2) is 52.9 Å². The first kappa shape index (κ1) is 50.1. The molecule has 0 fully saturated rings. The molecule has 6 nitrogen and oxygen atoms in total. The average molecular weight is 999 g/mol. The Balaban J connectivity index is 1.32. The van der Waals surface area contributed by atoms with Gasteiger partial charge in [0.1, 0.15) is 59.5 Å². The van der Waals surface area contributed by atoms with Crippen molar-refractivity contribution in [2.45, 2.75) is 52.4 Å². The Bertz CT molecular complexity index is 2910. The Kier molecular flexibility index (Phi) is 15.7. The molecule has 0 amide bonds. The van der Waals surface area contributed by atoms with Gasteiger partial charge >= 0.3 is 0 Å². The minimum Gasteiger partial charge on any atom is -0.493 e. The summed E-state index contributed by atoms with van der Waals surface area (Å²) >= 11 is 0. The van der Waals surface area contributed by atoms with Crippen molar-refractivity contribution < 1.29 is 46.0 Å². The third-order valence-corrected chi connectivity index (χ3v) is 13.4. The van der Waals surface area contributed by atoms with Gasteiger partial charge in [-0.1, -0.05) is 62.4 Å². The number of benzene rings is 8. The van der Waals surface area contributed by atoms with Crippen LogP contribution in [-0.2, 0) is 35.2 Å². The van der Waals surface area contributed by atoms with Gasteiger partial charge in [-0.2, -0.15) is 0 Å². The number of halogens is 4. The van der Waals surface area contributed by atoms with Crippen LogP contribution in [0.4, 0.5) is 17.6 Å². The van der Waals surface area contributed by atoms with Crippen molar-refractivity contribution in [2.24, 2.45) is 0 Å². The standard InChI is InChI=1S/C64H58F4O6/c1-3-21-71-61-49-29-45(41-5-13-57(65)14-6-41)30-50(61)38-54-34-48(44-11-19-60(68)20-12-44)36-56-40-52-32-46(42-7-15-58(66)16-8-42)31-51(62(52)72-22-4-2)39-55-35-47(43-9-17-59(67)18-10-43)33-53(37-49)63(55)73-27-25-69-23-24-70-26-28-74-64(54)56/h5-20,29-36H,3-4,21-28,37-40H2,1-2H3. The van der Waals surface area contributed by atoms with Gasteiger partial charge in [0.15, 0.2) is 0 Å². The van der Waals surface area contributed by atoms with E-state index >= 15 is 0 Å². The lowest BCUT2D eigenvalue weighted by atomic mass is 9.86. The Morgan fingerprint density at radius 3 is 0.824 bits per heavy atom. The predicted octanol–water partition coefficient (Wildman–Crippen LogP) is 15.0. The minimum absolute atomic E-state index is 0.229. The van der Waals surface area contributed by atoms with Crippen LogP contribution < -0.4 is 18.9 Å². The van der Waals surface area contributed by atoms with Crippen LogP contribution in [0.2, 0.25) is 0 Å². The fraction of sp³-hybridized carbons (Fsp3) is 0.250. The summed E-state index contributed by atoms with van der Waals surface area (Å²) in [7, 11) is 0. The van der Waals surface area contributed by atoms with Crippen LogP contribution in [0.25, 0.3) is 44.5 Å². The first-order valence-electron chi connectivity index (χ1n) is 25.5. The van der Waals surface area contributed by atoms with Gasteiger partial charge in [-0.15, -0.1) is 0 Å². The van der Waals surface area contributed by atoms with Crippen LogP contribution in [0.1, 0.15) is 71.2 Å². The van der Waals surface area contributed by atoms with Crippen molar-refractivity contribution in [3.8, 4) is 67.5 Å². The molecule has 10 bridgehead atoms. The molecule has 1 aliphatic heterocycles. The highest BCUT2D eigenvalue weighted by molar-refractivity contribution is 5.75. The van der Waals surface area contributed by atoms with Crippen LogP contribution in [0.3, 0.4) is 0 Å². The lowest BCUT2D eigenvalue weighted by Gasteiger charge is -2.25. The molecule has 0 radical (unpaired) electrons. The van der Waals surface area contributed by atoms with Crippen molar-refractivity contribution in [3.63, 3.8) is 0 Å². The molecule has 0 N–H and O–H groups in total. The molecule has 0 aromatic heterocycles. The number of hydrogen-bond donors (Lipinski definition) is 0. The van der Waals surface area contributed by atoms with Crippen LogP contribution >= 0.6 is 0 Å². The first-order chi connectivity index (χ1) is 36.2. The topological polar surface area (TPSA) is 55.4 Å². The van der Waals surface area contributed by atoms with E-state index < -0.39 is 0 Å². The monoisotopic (exact) mass is 998 g/mol. The van der Waals surface area contributed by atoms with Crippen molar-refractivity contribution >= 4 is 0 Å². The molecule has 0 saturated heterocycles. The van der Waals surface area contributed by atoms with Crippen molar-refractivity contribution in [3.05, 3.63) is 213 Å². The second-order valence-corrected chi connectivity index (χ2v) is 18.8. The number of rotatable bonds is 10. The molecule has 0 unspecified atom stereocenters. The van der Waals surface area contributed by atoms with Crippen molar-refractivity contribution in [1.82, 2.24) is 0 Å². The molecule has 1 heterocycles. The van der Waals surface area contributed by atoms with Gasteiger partial charge in [-0.05, 0) is 199 Å². The summed E-state index contributed by atoms with van der Waals surface area (Å²) in [6, 6.07) is 42.9. The van der Waals surface area contributed by atoms with Crippen molar-refractivity contribution in [1.29, 1.82) is 0 Å². The smallest absolute Gasteiger partial charge is 0.126 e. The predicted molar refractivity (Wildman–Crippen MR) is 283 cm³/mol. The van der Waals surface area contributed by atoms with E-state index in [1.807, 2.05) is 0 Å². The average Bonchev–Trinajstić information content (AvgIpc) is 3.40. The van der Waals surface area contributed by atoms with E-state index in [-0.39, 0.29) is 49.7 Å². The lowest BCUT2D eigenvalue weighted by Crippen LogP contribution is -2.15. The zero-order valence-electron chi connectivity index (χ0n) is 41.7. The summed E-state index contributed by atoms with van der Waals surface area (Å²) < 4.78 is 98.4. The van der Waals surface area contributed by atoms with Gasteiger partial charge in [0.05, 0.1) is 39.6 Å². The SMILES string of the molecule is CCCOc1c2cc(-c3ccc(F)cc3)cc1Cc1cc(-c3ccc(F)cc3)cc3c1OCCOCCOCCOc1c(cc(-c4ccc(F)cc4)cc1Cc1cc(-c4ccc(F)cc4)cc(c1OCCC)C3)C2. The number of ether oxygens (including phenoxy) is 6. The maximum atomic E-state index is 14.6. The molecule has 10 rings (SSSR count). The van der Waals surface area contributed by atoms with Crippen LogP contribution in [0.5, 0.6) is 23.0 Å². The van der Waals surface area contributed by atoms with Crippen LogP contribution in [0.15, 0.2) is 146 Å². The summed E-state index contributed by atoms with van der Waals surface area (Å²) in [6.45, 7) is 6.75. The molecule has 378 valence electrons. The third-order valence-electron chi connectivity index (χ3n) is 13.4. The van der Waals surface area contributed by atoms with E-state index in [4.69, 9.17) is 28.4 Å². The van der Waals surface area contributed by atoms with Gasteiger partial charge < -0.3 is 28.4 Å². The molecule has 1 aliphatic carbocycles. The Hall–Kier alpha value is -7.40. The largest absolute Gasteiger partial charge is 0.493 e. The third kappa shape index (κ3) is 11.7. The fourth-order valence-corrected chi connectivity index (χ4v) is 10.0. The minimum atomic E-state index is -0.342. The summed E-state index contributed by atoms with van der Waals surface area (Å²) in [5, 5.41) is 0. The van der Waals surface area contributed by atoms with Gasteiger partial charge in [-0.25, -0.2) is 17.6 Å². The van der Waals surface area contributed by atoms with E-state index in [0.717, 1.165) is 102 Å². The van der Waals surface area contributed by atoms with E-state index in [1.54, 1.807) is 48.5 Å². The van der Waals surface area contributed by atoms with E-state index in [9.17, 15) is 17.6 Å². The molecule has 74 heavy (non-hydrogen) atoms. The molecule has 0 saturated carbocycles. The Morgan fingerprint density at radius 1 is 0.324 bits per heavy atom. The zero-order chi connectivity index (χ0) is 51.0. The van der Waals surface area contributed by atoms with Crippen LogP contribution in [0, 0.1) is 23.3 Å². The van der Waals surface area contributed by atoms with Gasteiger partial charge in [0.25, 0.3) is 0 Å². The summed E-state index contributed by atoms with van der Waals surface area (Å²) in [5.41, 5.74) is 13.7. The number of fused-ring (bicyclic) bond motifs is 2. The normalized spacial score (nSPS) is 13.9. The Labute approximate surface area is 430 Å². The van der Waals surface area contributed by atoms with Crippen molar-refractivity contribution in [2.75, 3.05) is 52.9 Å². The molecule has 8 aromatic rings. The highest BCUT2D eigenvalue weighted by Gasteiger charge is 2.26. The highest BCUT2D eigenvalue weighted by Crippen LogP contribution is 2.44. The molecule has 8 aromatic carbocycles. The maximum absolute atomic E-state index is 14.6. The molecule has 0 spiro atoms. The van der Waals surface area contributed by atoms with Gasteiger partial charge in [0.2, 0.25) is 0 Å². The highest BCUT2D eigenvalue weighted by atomic mass is 19.1. The first-order valence-corrected chi connectivity index (χ1v) is 25.5. The molecular weight excluding hydrogens is 941 g/mol. The second kappa shape index (κ2) is 23.2. The zero-order valence-corrected chi connectivity index (χ0v) is 41.7. The quantitative estimate of drug-likeness (QED) is 0.127. The molecular formula is C64H58F4O6. The van der Waals surface area contributed by atoms with Gasteiger partial charge in [-0.3, -0.25) is 0 Å². The fourth-order valence-electron chi connectivity index (χ4n) is 10.0. The van der Waals surface area contributed by atoms with E-state index in [0.29, 0.717) is 75.1 Å². The second-order valence-electron chi connectivity index (χ2n) is 18.8. The van der Waals surface area contributed by atoms with Gasteiger partial charge in [0, 0.05) is 25.7 Å². The number of hydrogen-bond acceptors (Lipinski definition) is 6. The molecule has 2 aliphatic rings. The van der Waals surface area contributed by atoms with E-state index in [2.05, 4.69) is 62.4 Å². The Morgan fingerprint density at radius 2 is 0.568 bits per heavy atom. The van der Waals surface area contributed by atoms with E-state index in [1.165, 1.54) is 48.5 Å².